The first kappa shape index (κ1) is 35.8. The van der Waals surface area contributed by atoms with Gasteiger partial charge in [0.15, 0.2) is 0 Å². The molecule has 1 aromatic carbocycles. The second-order valence-electron chi connectivity index (χ2n) is 13.8. The molecule has 2 fully saturated rings. The van der Waals surface area contributed by atoms with Gasteiger partial charge in [-0.1, -0.05) is 63.9 Å². The fraction of sp³-hybridized carbons (Fsp3) is 0.486. The predicted molar refractivity (Wildman–Crippen MR) is 180 cm³/mol. The van der Waals surface area contributed by atoms with Crippen LogP contribution in [0.2, 0.25) is 5.02 Å². The molecule has 1 aromatic heterocycles. The number of alkyl carbamates (subject to hydrolysis) is 1. The number of nitrogens with zero attached hydrogens (tertiary/aromatic N) is 2. The number of hydroxylamine groups is 1. The molecular formula is C35H43ClN6O7. The largest absolute Gasteiger partial charge is 0.443 e. The smallest absolute Gasteiger partial charge is 0.408 e. The molecule has 13 nitrogen and oxygen atoms in total. The number of ketones is 1. The average molecular weight is 695 g/mol. The number of rotatable bonds is 12. The number of ether oxygens (including phenoxy) is 1. The first-order valence-corrected chi connectivity index (χ1v) is 16.9. The molecule has 1 saturated heterocycles. The maximum atomic E-state index is 14.5. The van der Waals surface area contributed by atoms with Gasteiger partial charge >= 0.3 is 6.09 Å². The summed E-state index contributed by atoms with van der Waals surface area (Å²) in [6, 6.07) is 9.03. The van der Waals surface area contributed by atoms with E-state index in [9.17, 15) is 24.0 Å². The van der Waals surface area contributed by atoms with E-state index in [-0.39, 0.29) is 32.0 Å². The summed E-state index contributed by atoms with van der Waals surface area (Å²) in [6.45, 7) is 7.05. The molecule has 1 aliphatic carbocycles. The van der Waals surface area contributed by atoms with Crippen LogP contribution in [-0.4, -0.2) is 75.8 Å². The highest BCUT2D eigenvalue weighted by Crippen LogP contribution is 2.39. The number of amides is 4. The third-order valence-corrected chi connectivity index (χ3v) is 8.88. The summed E-state index contributed by atoms with van der Waals surface area (Å²) < 4.78 is 5.37. The van der Waals surface area contributed by atoms with Crippen molar-refractivity contribution in [3.05, 3.63) is 71.0 Å². The molecule has 5 rings (SSSR count). The monoisotopic (exact) mass is 694 g/mol. The van der Waals surface area contributed by atoms with Crippen LogP contribution in [0.15, 0.2) is 54.7 Å². The van der Waals surface area contributed by atoms with Gasteiger partial charge in [-0.2, -0.15) is 0 Å². The summed E-state index contributed by atoms with van der Waals surface area (Å²) in [4.78, 5) is 78.9. The molecule has 0 bridgehead atoms. The van der Waals surface area contributed by atoms with E-state index in [1.807, 2.05) is 19.1 Å². The Hall–Kier alpha value is -4.49. The van der Waals surface area contributed by atoms with E-state index in [1.54, 1.807) is 63.4 Å². The normalized spacial score (nSPS) is 21.3. The molecule has 262 valence electrons. The molecule has 1 spiro atoms. The number of likely N-dealkylation sites (tertiary alicyclic amines) is 1. The molecule has 14 heteroatoms. The van der Waals surface area contributed by atoms with E-state index in [2.05, 4.69) is 26.4 Å². The number of carbonyl (C=O) groups is 5. The number of nitrogens with one attached hydrogen (secondary N) is 4. The number of Topliss-reactive ketones (excluding diaryl/α,β-unsaturated/α-hetero) is 1. The van der Waals surface area contributed by atoms with Crippen LogP contribution in [0.4, 0.5) is 4.79 Å². The van der Waals surface area contributed by atoms with Crippen LogP contribution in [0.25, 0.3) is 5.70 Å². The Labute approximate surface area is 290 Å². The van der Waals surface area contributed by atoms with Gasteiger partial charge in [0.25, 0.3) is 5.91 Å². The van der Waals surface area contributed by atoms with Gasteiger partial charge in [0, 0.05) is 29.2 Å². The quantitative estimate of drug-likeness (QED) is 0.243. The predicted octanol–water partition coefficient (Wildman–Crippen LogP) is 3.42. The molecule has 2 aliphatic heterocycles. The maximum Gasteiger partial charge on any atom is 0.408 e. The Morgan fingerprint density at radius 1 is 1.12 bits per heavy atom. The van der Waals surface area contributed by atoms with Crippen LogP contribution in [0.3, 0.4) is 0 Å². The van der Waals surface area contributed by atoms with Gasteiger partial charge in [-0.05, 0) is 55.0 Å². The molecule has 1 saturated carbocycles. The number of benzene rings is 1. The second kappa shape index (κ2) is 15.0. The zero-order chi connectivity index (χ0) is 35.3. The molecule has 0 radical (unpaired) electrons. The molecule has 4 N–H and O–H groups in total. The molecular weight excluding hydrogens is 652 g/mol. The minimum Gasteiger partial charge on any atom is -0.443 e. The maximum absolute atomic E-state index is 14.5. The lowest BCUT2D eigenvalue weighted by Gasteiger charge is -2.35. The fourth-order valence-corrected chi connectivity index (χ4v) is 6.08. The minimum atomic E-state index is -1.13. The minimum absolute atomic E-state index is 0.0257. The van der Waals surface area contributed by atoms with Gasteiger partial charge in [-0.3, -0.25) is 34.5 Å². The summed E-state index contributed by atoms with van der Waals surface area (Å²) in [6.07, 6.45) is 4.98. The van der Waals surface area contributed by atoms with Gasteiger partial charge in [0.05, 0.1) is 24.0 Å². The van der Waals surface area contributed by atoms with E-state index < -0.39 is 58.7 Å². The summed E-state index contributed by atoms with van der Waals surface area (Å²) in [5.41, 5.74) is 2.87. The Morgan fingerprint density at radius 3 is 2.55 bits per heavy atom. The van der Waals surface area contributed by atoms with E-state index in [1.165, 1.54) is 4.90 Å². The van der Waals surface area contributed by atoms with Crippen molar-refractivity contribution in [2.45, 2.75) is 96.2 Å². The average Bonchev–Trinajstić information content (AvgIpc) is 3.66. The van der Waals surface area contributed by atoms with Crippen LogP contribution in [0, 0.1) is 5.41 Å². The lowest BCUT2D eigenvalue weighted by atomic mass is 9.85. The summed E-state index contributed by atoms with van der Waals surface area (Å²) in [5, 5.41) is 8.66. The molecule has 0 unspecified atom stereocenters. The number of pyridine rings is 1. The third kappa shape index (κ3) is 8.95. The van der Waals surface area contributed by atoms with E-state index in [0.717, 1.165) is 18.4 Å². The number of hydrogen-bond acceptors (Lipinski definition) is 9. The molecule has 4 atom stereocenters. The summed E-state index contributed by atoms with van der Waals surface area (Å²) >= 11 is 6.23. The van der Waals surface area contributed by atoms with Crippen LogP contribution in [0.1, 0.15) is 71.1 Å². The third-order valence-electron chi connectivity index (χ3n) is 8.65. The Morgan fingerprint density at radius 2 is 1.90 bits per heavy atom. The highest BCUT2D eigenvalue weighted by molar-refractivity contribution is 6.38. The van der Waals surface area contributed by atoms with Crippen molar-refractivity contribution in [1.29, 1.82) is 0 Å². The van der Waals surface area contributed by atoms with Gasteiger partial charge in [-0.25, -0.2) is 4.79 Å². The molecule has 3 heterocycles. The van der Waals surface area contributed by atoms with E-state index >= 15 is 0 Å². The Bertz CT molecular complexity index is 1610. The molecule has 4 amide bonds. The van der Waals surface area contributed by atoms with Crippen LogP contribution < -0.4 is 21.4 Å². The Balaban J connectivity index is 1.40. The van der Waals surface area contributed by atoms with Crippen molar-refractivity contribution in [3.8, 4) is 0 Å². The summed E-state index contributed by atoms with van der Waals surface area (Å²) in [5.74, 6) is -2.64. The zero-order valence-corrected chi connectivity index (χ0v) is 28.8. The van der Waals surface area contributed by atoms with Gasteiger partial charge in [-0.15, -0.1) is 0 Å². The van der Waals surface area contributed by atoms with Crippen molar-refractivity contribution >= 4 is 46.9 Å². The van der Waals surface area contributed by atoms with Crippen molar-refractivity contribution in [3.63, 3.8) is 0 Å². The summed E-state index contributed by atoms with van der Waals surface area (Å²) in [7, 11) is 0. The van der Waals surface area contributed by atoms with Crippen molar-refractivity contribution in [1.82, 2.24) is 31.3 Å². The van der Waals surface area contributed by atoms with Gasteiger partial charge in [0.1, 0.15) is 24.3 Å². The first-order valence-electron chi connectivity index (χ1n) is 16.5. The van der Waals surface area contributed by atoms with Gasteiger partial charge in [0.2, 0.25) is 17.6 Å². The highest BCUT2D eigenvalue weighted by atomic mass is 35.5. The number of hydrogen-bond donors (Lipinski definition) is 4. The number of carbonyl (C=O) groups excluding carboxylic acids is 5. The second-order valence-corrected chi connectivity index (χ2v) is 14.3. The van der Waals surface area contributed by atoms with Crippen LogP contribution in [-0.2, 0) is 35.4 Å². The lowest BCUT2D eigenvalue weighted by Crippen LogP contribution is -2.59. The zero-order valence-electron chi connectivity index (χ0n) is 28.1. The SMILES string of the molecule is CCC[C@H](NC(=O)[C@@H]1C[C@]2(C=C(c3cccc(Cl)c3)NO2)CN1C(=O)[C@@H](NC(=O)OCc1ccccn1)C(C)(C)C)C(=O)C(=O)NC1CC1. The van der Waals surface area contributed by atoms with E-state index in [0.29, 0.717) is 22.8 Å². The van der Waals surface area contributed by atoms with Crippen LogP contribution in [0.5, 0.6) is 0 Å². The van der Waals surface area contributed by atoms with E-state index in [4.69, 9.17) is 21.2 Å². The van der Waals surface area contributed by atoms with Crippen molar-refractivity contribution < 1.29 is 33.5 Å². The molecule has 3 aliphatic rings. The van der Waals surface area contributed by atoms with Crippen molar-refractivity contribution in [2.75, 3.05) is 6.54 Å². The fourth-order valence-electron chi connectivity index (χ4n) is 5.89. The molecule has 49 heavy (non-hydrogen) atoms. The first-order chi connectivity index (χ1) is 23.3. The van der Waals surface area contributed by atoms with Crippen LogP contribution >= 0.6 is 11.6 Å². The number of aromatic nitrogens is 1. The standard InChI is InChI=1S/C35H43ClN6O7/c1-5-9-25(28(43)31(45)38-23-13-14-23)39-30(44)27-18-35(17-26(41-49-35)21-10-8-11-22(36)16-21)20-42(27)32(46)29(34(2,3)4)40-33(47)48-19-24-12-6-7-15-37-24/h6-8,10-12,15-17,23,25,27,29,41H,5,9,13-14,18-20H2,1-4H3,(H,38,45)(H,39,44)(H,40,47)/t25-,27-,29+,35+/m0/s1. The highest BCUT2D eigenvalue weighted by Gasteiger charge is 2.54. The Kier molecular flexibility index (Phi) is 10.9. The van der Waals surface area contributed by atoms with Crippen molar-refractivity contribution in [2.24, 2.45) is 5.41 Å². The topological polar surface area (TPSA) is 168 Å². The number of halogens is 1. The lowest BCUT2D eigenvalue weighted by molar-refractivity contribution is -0.144. The molecule has 2 aromatic rings. The van der Waals surface area contributed by atoms with Gasteiger partial charge < -0.3 is 25.6 Å².